The first-order valence-electron chi connectivity index (χ1n) is 19.3. The summed E-state index contributed by atoms with van der Waals surface area (Å²) >= 11 is 0. The SMILES string of the molecule is C[C@H]1CC[C@@]2(C)C(C=O)=CCC[C@@H]2[C@@]1(C)C[C@@H]1O[C@@H]2O[C@]3(O)[C@@H](O[C@@H](C[C@]4(C)[C@H]5CCC=C(C=O)[C@]5(C)CC[C@@H]4C)[C@]34CO4)O[C@]2(O)[C@@]12CO2. The predicted molar refractivity (Wildman–Crippen MR) is 179 cm³/mol. The molecule has 7 fully saturated rings. The highest BCUT2D eigenvalue weighted by Gasteiger charge is 2.87. The third kappa shape index (κ3) is 4.03. The maximum absolute atomic E-state index is 12.4. The van der Waals surface area contributed by atoms with Crippen molar-refractivity contribution in [3.05, 3.63) is 23.3 Å². The summed E-state index contributed by atoms with van der Waals surface area (Å²) < 4.78 is 38.5. The molecule has 0 aromatic carbocycles. The van der Waals surface area contributed by atoms with Crippen LogP contribution in [0, 0.1) is 45.3 Å². The highest BCUT2D eigenvalue weighted by Crippen LogP contribution is 2.69. The van der Waals surface area contributed by atoms with Crippen molar-refractivity contribution in [1.82, 2.24) is 0 Å². The van der Waals surface area contributed by atoms with Gasteiger partial charge in [0.25, 0.3) is 11.6 Å². The second-order valence-electron chi connectivity index (χ2n) is 18.8. The van der Waals surface area contributed by atoms with Gasteiger partial charge in [-0.3, -0.25) is 9.59 Å². The van der Waals surface area contributed by atoms with Gasteiger partial charge in [-0.05, 0) is 121 Å². The molecule has 5 heterocycles. The van der Waals surface area contributed by atoms with Gasteiger partial charge in [-0.25, -0.2) is 0 Å². The van der Waals surface area contributed by atoms with Crippen molar-refractivity contribution in [3.63, 3.8) is 0 Å². The Morgan fingerprint density at radius 1 is 0.680 bits per heavy atom. The first kappa shape index (κ1) is 34.3. The van der Waals surface area contributed by atoms with E-state index in [1.165, 1.54) is 0 Å². The van der Waals surface area contributed by atoms with Crippen LogP contribution in [0.4, 0.5) is 0 Å². The summed E-state index contributed by atoms with van der Waals surface area (Å²) in [5.41, 5.74) is -1.39. The van der Waals surface area contributed by atoms with E-state index < -0.39 is 47.6 Å². The number of carbonyl (C=O) groups excluding carboxylic acids is 2. The molecule has 50 heavy (non-hydrogen) atoms. The number of aliphatic hydroxyl groups is 2. The molecule has 10 nitrogen and oxygen atoms in total. The van der Waals surface area contributed by atoms with E-state index in [0.717, 1.165) is 75.1 Å². The summed E-state index contributed by atoms with van der Waals surface area (Å²) in [6.45, 7) is 14.1. The first-order chi connectivity index (χ1) is 23.6. The maximum Gasteiger partial charge on any atom is 0.255 e. The Kier molecular flexibility index (Phi) is 7.26. The molecule has 0 radical (unpaired) electrons. The van der Waals surface area contributed by atoms with Crippen LogP contribution in [0.25, 0.3) is 0 Å². The number of carbonyl (C=O) groups is 2. The van der Waals surface area contributed by atoms with Gasteiger partial charge in [0.1, 0.15) is 12.6 Å². The van der Waals surface area contributed by atoms with Gasteiger partial charge in [0.15, 0.2) is 11.2 Å². The highest BCUT2D eigenvalue weighted by atomic mass is 16.9. The second kappa shape index (κ2) is 10.6. The van der Waals surface area contributed by atoms with Crippen LogP contribution >= 0.6 is 0 Å². The maximum atomic E-state index is 12.4. The van der Waals surface area contributed by atoms with Crippen molar-refractivity contribution < 1.29 is 48.2 Å². The Bertz CT molecular complexity index is 1420. The molecule has 2 N–H and O–H groups in total. The molecule has 16 atom stereocenters. The highest BCUT2D eigenvalue weighted by molar-refractivity contribution is 5.76. The van der Waals surface area contributed by atoms with Crippen LogP contribution in [0.5, 0.6) is 0 Å². The van der Waals surface area contributed by atoms with E-state index in [1.807, 2.05) is 0 Å². The molecule has 0 unspecified atom stereocenters. The molecule has 0 aromatic rings. The third-order valence-electron chi connectivity index (χ3n) is 17.0. The third-order valence-corrected chi connectivity index (χ3v) is 17.0. The van der Waals surface area contributed by atoms with Crippen molar-refractivity contribution in [1.29, 1.82) is 0 Å². The molecule has 0 bridgehead atoms. The molecule has 2 spiro atoms. The summed E-state index contributed by atoms with van der Waals surface area (Å²) in [7, 11) is 0. The fraction of sp³-hybridized carbons (Fsp3) is 0.850. The van der Waals surface area contributed by atoms with Crippen LogP contribution in [0.2, 0.25) is 0 Å². The van der Waals surface area contributed by atoms with Gasteiger partial charge >= 0.3 is 0 Å². The van der Waals surface area contributed by atoms with Crippen molar-refractivity contribution in [3.8, 4) is 0 Å². The predicted octanol–water partition coefficient (Wildman–Crippen LogP) is 5.13. The van der Waals surface area contributed by atoms with Crippen LogP contribution in [0.1, 0.15) is 106 Å². The molecule has 9 rings (SSSR count). The Morgan fingerprint density at radius 3 is 1.40 bits per heavy atom. The minimum absolute atomic E-state index is 0.211. The van der Waals surface area contributed by atoms with Gasteiger partial charge in [0.05, 0.1) is 25.4 Å². The van der Waals surface area contributed by atoms with E-state index in [4.69, 9.17) is 28.4 Å². The van der Waals surface area contributed by atoms with Crippen LogP contribution in [-0.2, 0) is 38.0 Å². The molecule has 10 heteroatoms. The molecule has 0 aromatic heterocycles. The van der Waals surface area contributed by atoms with E-state index in [9.17, 15) is 19.8 Å². The van der Waals surface area contributed by atoms with E-state index in [0.29, 0.717) is 24.7 Å². The molecular formula is C40H56O10. The summed E-state index contributed by atoms with van der Waals surface area (Å²) in [4.78, 5) is 24.4. The summed E-state index contributed by atoms with van der Waals surface area (Å²) in [5, 5.41) is 24.8. The minimum Gasteiger partial charge on any atom is -0.361 e. The van der Waals surface area contributed by atoms with Crippen LogP contribution < -0.4 is 0 Å². The Labute approximate surface area is 295 Å². The van der Waals surface area contributed by atoms with E-state index in [-0.39, 0.29) is 46.7 Å². The fourth-order valence-corrected chi connectivity index (χ4v) is 13.1. The van der Waals surface area contributed by atoms with E-state index >= 15 is 0 Å². The molecular weight excluding hydrogens is 640 g/mol. The minimum atomic E-state index is -1.99. The normalized spacial score (nSPS) is 59.1. The number of aldehydes is 2. The topological polar surface area (TPSA) is 137 Å². The van der Waals surface area contributed by atoms with E-state index in [1.54, 1.807) is 0 Å². The first-order valence-corrected chi connectivity index (χ1v) is 19.3. The number of allylic oxidation sites excluding steroid dienone is 4. The van der Waals surface area contributed by atoms with Gasteiger partial charge in [0, 0.05) is 0 Å². The van der Waals surface area contributed by atoms with Gasteiger partial charge in [-0.1, -0.05) is 53.7 Å². The van der Waals surface area contributed by atoms with Crippen molar-refractivity contribution in [2.45, 2.75) is 153 Å². The van der Waals surface area contributed by atoms with E-state index in [2.05, 4.69) is 53.7 Å². The van der Waals surface area contributed by atoms with Crippen LogP contribution in [0.3, 0.4) is 0 Å². The van der Waals surface area contributed by atoms with Gasteiger partial charge < -0.3 is 38.6 Å². The Morgan fingerprint density at radius 2 is 1.06 bits per heavy atom. The molecule has 9 aliphatic rings. The number of hydrogen-bond donors (Lipinski definition) is 2. The average molecular weight is 697 g/mol. The van der Waals surface area contributed by atoms with Gasteiger partial charge in [-0.2, -0.15) is 0 Å². The quantitative estimate of drug-likeness (QED) is 0.284. The smallest absolute Gasteiger partial charge is 0.255 e. The monoisotopic (exact) mass is 696 g/mol. The zero-order valence-electron chi connectivity index (χ0n) is 30.6. The summed E-state index contributed by atoms with van der Waals surface area (Å²) in [5.74, 6) is -2.77. The fourth-order valence-electron chi connectivity index (χ4n) is 13.1. The zero-order valence-corrected chi connectivity index (χ0v) is 30.6. The molecule has 276 valence electrons. The lowest BCUT2D eigenvalue weighted by atomic mass is 9.46. The lowest BCUT2D eigenvalue weighted by Gasteiger charge is -2.58. The molecule has 5 saturated heterocycles. The molecule has 4 aliphatic carbocycles. The largest absolute Gasteiger partial charge is 0.361 e. The van der Waals surface area contributed by atoms with Crippen molar-refractivity contribution in [2.75, 3.05) is 13.2 Å². The van der Waals surface area contributed by atoms with Crippen molar-refractivity contribution in [2.24, 2.45) is 45.3 Å². The Balaban J connectivity index is 0.985. The number of ether oxygens (including phenoxy) is 6. The summed E-state index contributed by atoms with van der Waals surface area (Å²) in [6.07, 6.45) is 11.4. The number of epoxide rings is 2. The van der Waals surface area contributed by atoms with Gasteiger partial charge in [-0.15, -0.1) is 0 Å². The lowest BCUT2D eigenvalue weighted by Crippen LogP contribution is -2.68. The average Bonchev–Trinajstić information content (AvgIpc) is 4.00. The zero-order chi connectivity index (χ0) is 35.3. The lowest BCUT2D eigenvalue weighted by molar-refractivity contribution is -0.478. The second-order valence-corrected chi connectivity index (χ2v) is 18.8. The number of fused-ring (bicyclic) bond motifs is 6. The molecule has 0 amide bonds. The number of rotatable bonds is 6. The molecule has 5 aliphatic heterocycles. The number of hydrogen-bond acceptors (Lipinski definition) is 10. The molecule has 2 saturated carbocycles. The van der Waals surface area contributed by atoms with Gasteiger partial charge in [0.2, 0.25) is 12.6 Å². The Hall–Kier alpha value is -1.50. The summed E-state index contributed by atoms with van der Waals surface area (Å²) in [6, 6.07) is 0. The van der Waals surface area contributed by atoms with Crippen LogP contribution in [-0.4, -0.2) is 83.6 Å². The standard InChI is InChI=1S/C40H56O10/c1-23-13-15-33(3)25(19-41)9-7-11-27(33)35(23,5)17-29-37(21-45-37)39(43)31(47-29)49-40(44)32(50-39)48-30(38(40)22-46-38)18-36(6)24(2)14-16-34(4)26(20-42)10-8-12-28(34)36/h9-10,19-20,23-24,27-32,43-44H,7-8,11-18,21-22H2,1-6H3/t23-,24-,27-,28-,29-,30-,31-,32+,33-,34-,35-,36-,37+,38+,39+,40-/m0/s1. The van der Waals surface area contributed by atoms with Crippen molar-refractivity contribution >= 4 is 12.6 Å². The van der Waals surface area contributed by atoms with Crippen LogP contribution in [0.15, 0.2) is 23.3 Å².